The third-order valence-electron chi connectivity index (χ3n) is 5.28. The normalized spacial score (nSPS) is 27.3. The van der Waals surface area contributed by atoms with Crippen LogP contribution in [0.25, 0.3) is 10.9 Å². The number of nitrogens with zero attached hydrogens (tertiary/aromatic N) is 2. The highest BCUT2D eigenvalue weighted by molar-refractivity contribution is 6.03. The van der Waals surface area contributed by atoms with E-state index in [9.17, 15) is 9.90 Å². The average Bonchev–Trinajstić information content (AvgIpc) is 3.02. The lowest BCUT2D eigenvalue weighted by atomic mass is 9.97. The van der Waals surface area contributed by atoms with Gasteiger partial charge in [0, 0.05) is 35.2 Å². The van der Waals surface area contributed by atoms with Crippen molar-refractivity contribution in [3.05, 3.63) is 36.0 Å². The molecule has 114 valence electrons. The predicted molar refractivity (Wildman–Crippen MR) is 84.6 cm³/mol. The Labute approximate surface area is 128 Å². The van der Waals surface area contributed by atoms with Crippen LogP contribution in [0, 0.1) is 5.41 Å². The molecule has 3 atom stereocenters. The second-order valence-corrected chi connectivity index (χ2v) is 6.36. The number of aromatic nitrogens is 1. The molecule has 1 aromatic carbocycles. The van der Waals surface area contributed by atoms with Gasteiger partial charge in [0.05, 0.1) is 11.9 Å². The van der Waals surface area contributed by atoms with Crippen LogP contribution >= 0.6 is 0 Å². The molecular formula is C17H19N3O2. The molecule has 2 N–H and O–H groups in total. The molecule has 2 bridgehead atoms. The number of hydrogen-bond acceptors (Lipinski definition) is 2. The van der Waals surface area contributed by atoms with Gasteiger partial charge < -0.3 is 14.6 Å². The molecule has 2 aromatic rings. The summed E-state index contributed by atoms with van der Waals surface area (Å²) in [5.41, 5.74) is 1.39. The summed E-state index contributed by atoms with van der Waals surface area (Å²) < 4.78 is 2.16. The highest BCUT2D eigenvalue weighted by Gasteiger charge is 2.40. The Bertz CT molecular complexity index is 737. The zero-order valence-electron chi connectivity index (χ0n) is 12.3. The quantitative estimate of drug-likeness (QED) is 0.675. The molecule has 3 heterocycles. The van der Waals surface area contributed by atoms with E-state index in [4.69, 9.17) is 5.41 Å². The third-order valence-corrected chi connectivity index (χ3v) is 5.28. The van der Waals surface area contributed by atoms with Crippen molar-refractivity contribution < 1.29 is 9.90 Å². The van der Waals surface area contributed by atoms with Crippen molar-refractivity contribution in [2.24, 2.45) is 0 Å². The molecule has 0 radical (unpaired) electrons. The number of hydrogen-bond donors (Lipinski definition) is 2. The van der Waals surface area contributed by atoms with Crippen molar-refractivity contribution in [1.29, 1.82) is 5.41 Å². The zero-order valence-corrected chi connectivity index (χ0v) is 12.3. The lowest BCUT2D eigenvalue weighted by molar-refractivity contribution is 0.0698. The summed E-state index contributed by atoms with van der Waals surface area (Å²) in [6, 6.07) is 8.92. The van der Waals surface area contributed by atoms with Crippen LogP contribution in [-0.4, -0.2) is 39.0 Å². The van der Waals surface area contributed by atoms with Gasteiger partial charge >= 0.3 is 5.97 Å². The molecule has 2 aliphatic heterocycles. The van der Waals surface area contributed by atoms with Gasteiger partial charge in [-0.1, -0.05) is 18.2 Å². The van der Waals surface area contributed by atoms with Gasteiger partial charge in [0.1, 0.15) is 0 Å². The molecule has 0 aliphatic carbocycles. The molecule has 2 aliphatic rings. The summed E-state index contributed by atoms with van der Waals surface area (Å²) in [5, 5.41) is 17.8. The van der Waals surface area contributed by atoms with E-state index in [1.807, 2.05) is 24.3 Å². The molecular weight excluding hydrogens is 278 g/mol. The van der Waals surface area contributed by atoms with Crippen molar-refractivity contribution in [3.8, 4) is 0 Å². The number of piperidine rings is 1. The van der Waals surface area contributed by atoms with Crippen LogP contribution in [-0.2, 0) is 0 Å². The van der Waals surface area contributed by atoms with Gasteiger partial charge in [-0.25, -0.2) is 4.79 Å². The first kappa shape index (κ1) is 13.4. The van der Waals surface area contributed by atoms with Crippen LogP contribution < -0.4 is 0 Å². The van der Waals surface area contributed by atoms with E-state index in [0.717, 1.165) is 36.6 Å². The van der Waals surface area contributed by atoms with Gasteiger partial charge in [-0.15, -0.1) is 0 Å². The van der Waals surface area contributed by atoms with Crippen LogP contribution in [0.3, 0.4) is 0 Å². The summed E-state index contributed by atoms with van der Waals surface area (Å²) >= 11 is 0. The highest BCUT2D eigenvalue weighted by Crippen LogP contribution is 2.41. The van der Waals surface area contributed by atoms with Crippen molar-refractivity contribution in [2.75, 3.05) is 0 Å². The van der Waals surface area contributed by atoms with Crippen LogP contribution in [0.1, 0.15) is 42.1 Å². The Morgan fingerprint density at radius 2 is 1.86 bits per heavy atom. The van der Waals surface area contributed by atoms with Crippen molar-refractivity contribution in [1.82, 2.24) is 9.47 Å². The number of carboxylic acid groups (broad SMARTS) is 1. The maximum absolute atomic E-state index is 11.5. The molecule has 5 nitrogen and oxygen atoms in total. The van der Waals surface area contributed by atoms with Gasteiger partial charge in [0.15, 0.2) is 0 Å². The third kappa shape index (κ3) is 1.85. The van der Waals surface area contributed by atoms with E-state index in [2.05, 4.69) is 9.47 Å². The van der Waals surface area contributed by atoms with Gasteiger partial charge in [-0.05, 0) is 31.7 Å². The van der Waals surface area contributed by atoms with Gasteiger partial charge in [0.25, 0.3) is 0 Å². The van der Waals surface area contributed by atoms with Gasteiger partial charge in [0.2, 0.25) is 0 Å². The molecule has 0 saturated carbocycles. The molecule has 5 heteroatoms. The minimum absolute atomic E-state index is 0.326. The number of aromatic carboxylic acids is 1. The molecule has 1 aromatic heterocycles. The largest absolute Gasteiger partial charge is 0.478 e. The first-order valence-corrected chi connectivity index (χ1v) is 7.80. The summed E-state index contributed by atoms with van der Waals surface area (Å²) in [6.07, 6.45) is 7.54. The Balaban J connectivity index is 1.76. The molecule has 2 fully saturated rings. The van der Waals surface area contributed by atoms with Crippen LogP contribution in [0.5, 0.6) is 0 Å². The van der Waals surface area contributed by atoms with E-state index in [-0.39, 0.29) is 0 Å². The summed E-state index contributed by atoms with van der Waals surface area (Å²) in [7, 11) is 0. The predicted octanol–water partition coefficient (Wildman–Crippen LogP) is 3.11. The monoisotopic (exact) mass is 297 g/mol. The van der Waals surface area contributed by atoms with Crippen molar-refractivity contribution >= 4 is 23.2 Å². The molecule has 2 saturated heterocycles. The number of rotatable bonds is 3. The molecule has 1 unspecified atom stereocenters. The number of carbonyl (C=O) groups is 1. The number of nitrogens with one attached hydrogen (secondary N) is 1. The van der Waals surface area contributed by atoms with E-state index in [1.54, 1.807) is 6.20 Å². The lowest BCUT2D eigenvalue weighted by Crippen LogP contribution is -2.42. The van der Waals surface area contributed by atoms with E-state index in [0.29, 0.717) is 23.7 Å². The topological polar surface area (TPSA) is 69.3 Å². The second kappa shape index (κ2) is 4.87. The van der Waals surface area contributed by atoms with Crippen LogP contribution in [0.15, 0.2) is 30.5 Å². The zero-order chi connectivity index (χ0) is 15.3. The first-order chi connectivity index (χ1) is 10.7. The van der Waals surface area contributed by atoms with E-state index >= 15 is 0 Å². The minimum Gasteiger partial charge on any atom is -0.478 e. The molecule has 0 amide bonds. The SMILES string of the molecule is N=CN1[C@@H]2CC[C@H]1CC(n1cc(C(=O)O)c3ccccc31)C2. The van der Waals surface area contributed by atoms with Crippen LogP contribution in [0.4, 0.5) is 0 Å². The first-order valence-electron chi connectivity index (χ1n) is 7.80. The maximum Gasteiger partial charge on any atom is 0.337 e. The number of para-hydroxylation sites is 1. The Morgan fingerprint density at radius 3 is 2.50 bits per heavy atom. The molecule has 22 heavy (non-hydrogen) atoms. The number of carboxylic acids is 1. The number of fused-ring (bicyclic) bond motifs is 3. The van der Waals surface area contributed by atoms with Crippen molar-refractivity contribution in [3.63, 3.8) is 0 Å². The lowest BCUT2D eigenvalue weighted by Gasteiger charge is -2.38. The van der Waals surface area contributed by atoms with E-state index in [1.165, 1.54) is 6.34 Å². The van der Waals surface area contributed by atoms with Gasteiger partial charge in [-0.3, -0.25) is 5.41 Å². The summed E-state index contributed by atoms with van der Waals surface area (Å²) in [5.74, 6) is -0.866. The van der Waals surface area contributed by atoms with Crippen LogP contribution in [0.2, 0.25) is 0 Å². The maximum atomic E-state index is 11.5. The fraction of sp³-hybridized carbons (Fsp3) is 0.412. The molecule has 4 rings (SSSR count). The van der Waals surface area contributed by atoms with Crippen molar-refractivity contribution in [2.45, 2.75) is 43.8 Å². The fourth-order valence-electron chi connectivity index (χ4n) is 4.30. The summed E-state index contributed by atoms with van der Waals surface area (Å²) in [4.78, 5) is 13.7. The summed E-state index contributed by atoms with van der Waals surface area (Å²) in [6.45, 7) is 0. The standard InChI is InChI=1S/C17H19N3O2/c18-10-20-11-5-6-12(20)8-13(7-11)19-9-15(17(21)22)14-3-1-2-4-16(14)19/h1-4,9-13,18H,5-8H2,(H,21,22)/t11-,12+,13?. The Kier molecular flexibility index (Phi) is 2.96. The minimum atomic E-state index is -0.866. The number of benzene rings is 1. The smallest absolute Gasteiger partial charge is 0.337 e. The second-order valence-electron chi connectivity index (χ2n) is 6.36. The highest BCUT2D eigenvalue weighted by atomic mass is 16.4. The van der Waals surface area contributed by atoms with E-state index < -0.39 is 5.97 Å². The van der Waals surface area contributed by atoms with Gasteiger partial charge in [-0.2, -0.15) is 0 Å². The fourth-order valence-corrected chi connectivity index (χ4v) is 4.30. The molecule has 0 spiro atoms. The Hall–Kier alpha value is -2.30. The average molecular weight is 297 g/mol. The Morgan fingerprint density at radius 1 is 1.18 bits per heavy atom.